The van der Waals surface area contributed by atoms with E-state index in [1.807, 2.05) is 7.05 Å². The first kappa shape index (κ1) is 13.4. The number of hydrogen-bond acceptors (Lipinski definition) is 1. The second-order valence-corrected chi connectivity index (χ2v) is 4.29. The molecule has 1 aromatic carbocycles. The lowest BCUT2D eigenvalue weighted by atomic mass is 9.97. The lowest BCUT2D eigenvalue weighted by molar-refractivity contribution is 0.912. The minimum Gasteiger partial charge on any atom is -0.381 e. The van der Waals surface area contributed by atoms with E-state index in [1.165, 1.54) is 23.1 Å². The van der Waals surface area contributed by atoms with Crippen LogP contribution in [-0.2, 0) is 6.42 Å². The summed E-state index contributed by atoms with van der Waals surface area (Å²) in [5, 5.41) is 3.05. The first-order chi connectivity index (χ1) is 8.13. The molecule has 0 bridgehead atoms. The summed E-state index contributed by atoms with van der Waals surface area (Å²) >= 11 is 0. The Kier molecular flexibility index (Phi) is 4.84. The molecule has 0 aromatic heterocycles. The number of terminal acetylenes is 1. The summed E-state index contributed by atoms with van der Waals surface area (Å²) in [5.74, 6) is 2.68. The molecule has 0 saturated carbocycles. The van der Waals surface area contributed by atoms with Gasteiger partial charge in [-0.2, -0.15) is 0 Å². The lowest BCUT2D eigenvalue weighted by Crippen LogP contribution is -2.06. The third kappa shape index (κ3) is 3.14. The van der Waals surface area contributed by atoms with Gasteiger partial charge in [-0.3, -0.25) is 0 Å². The number of hydrogen-bond donors (Lipinski definition) is 1. The largest absolute Gasteiger partial charge is 0.381 e. The fraction of sp³-hybridized carbons (Fsp3) is 0.375. The number of rotatable bonds is 4. The van der Waals surface area contributed by atoms with Gasteiger partial charge in [0, 0.05) is 7.05 Å². The Labute approximate surface area is 105 Å². The van der Waals surface area contributed by atoms with Gasteiger partial charge in [0.1, 0.15) is 0 Å². The smallest absolute Gasteiger partial charge is 0.0883 e. The van der Waals surface area contributed by atoms with Crippen molar-refractivity contribution in [2.45, 2.75) is 33.6 Å². The molecular formula is C16H21N. The molecule has 1 rings (SSSR count). The topological polar surface area (TPSA) is 12.0 Å². The molecule has 90 valence electrons. The van der Waals surface area contributed by atoms with Crippen molar-refractivity contribution in [2.75, 3.05) is 7.05 Å². The van der Waals surface area contributed by atoms with Gasteiger partial charge in [-0.25, -0.2) is 0 Å². The third-order valence-electron chi connectivity index (χ3n) is 3.06. The first-order valence-electron chi connectivity index (χ1n) is 6.09. The summed E-state index contributed by atoms with van der Waals surface area (Å²) in [6.07, 6.45) is 7.79. The molecule has 1 N–H and O–H groups in total. The maximum Gasteiger partial charge on any atom is 0.0883 e. The zero-order valence-electron chi connectivity index (χ0n) is 11.2. The van der Waals surface area contributed by atoms with Gasteiger partial charge in [0.15, 0.2) is 0 Å². The SMILES string of the molecule is C#C/C(NC)=C(/C)c1ccc(CCC)c(C)c1. The second kappa shape index (κ2) is 6.15. The van der Waals surface area contributed by atoms with E-state index in [1.54, 1.807) is 0 Å². The van der Waals surface area contributed by atoms with Crippen LogP contribution in [0, 0.1) is 19.3 Å². The van der Waals surface area contributed by atoms with Crippen molar-refractivity contribution in [3.63, 3.8) is 0 Å². The van der Waals surface area contributed by atoms with Crippen LogP contribution in [0.3, 0.4) is 0 Å². The van der Waals surface area contributed by atoms with Crippen molar-refractivity contribution in [3.8, 4) is 12.3 Å². The zero-order valence-corrected chi connectivity index (χ0v) is 11.2. The van der Waals surface area contributed by atoms with Gasteiger partial charge in [-0.15, -0.1) is 6.42 Å². The Morgan fingerprint density at radius 2 is 2.12 bits per heavy atom. The van der Waals surface area contributed by atoms with Gasteiger partial charge in [0.2, 0.25) is 0 Å². The van der Waals surface area contributed by atoms with E-state index in [2.05, 4.69) is 50.2 Å². The fourth-order valence-corrected chi connectivity index (χ4v) is 1.99. The number of nitrogens with one attached hydrogen (secondary N) is 1. The average molecular weight is 227 g/mol. The molecule has 0 aliphatic rings. The van der Waals surface area contributed by atoms with Crippen LogP contribution >= 0.6 is 0 Å². The van der Waals surface area contributed by atoms with E-state index < -0.39 is 0 Å². The predicted molar refractivity (Wildman–Crippen MR) is 75.7 cm³/mol. The van der Waals surface area contributed by atoms with Gasteiger partial charge >= 0.3 is 0 Å². The molecule has 1 aromatic rings. The molecule has 0 aliphatic carbocycles. The quantitative estimate of drug-likeness (QED) is 0.776. The van der Waals surface area contributed by atoms with Crippen LogP contribution in [0.25, 0.3) is 5.57 Å². The van der Waals surface area contributed by atoms with Crippen molar-refractivity contribution in [1.82, 2.24) is 5.32 Å². The number of allylic oxidation sites excluding steroid dienone is 2. The summed E-state index contributed by atoms with van der Waals surface area (Å²) in [4.78, 5) is 0. The van der Waals surface area contributed by atoms with E-state index in [0.717, 1.165) is 17.7 Å². The maximum atomic E-state index is 5.47. The summed E-state index contributed by atoms with van der Waals surface area (Å²) in [6, 6.07) is 6.58. The lowest BCUT2D eigenvalue weighted by Gasteiger charge is -2.10. The summed E-state index contributed by atoms with van der Waals surface area (Å²) in [6.45, 7) is 6.42. The second-order valence-electron chi connectivity index (χ2n) is 4.29. The normalized spacial score (nSPS) is 11.7. The summed E-state index contributed by atoms with van der Waals surface area (Å²) < 4.78 is 0. The Balaban J connectivity index is 3.14. The van der Waals surface area contributed by atoms with Crippen molar-refractivity contribution >= 4 is 5.57 Å². The molecular weight excluding hydrogens is 206 g/mol. The minimum atomic E-state index is 0.854. The Bertz CT molecular complexity index is 461. The maximum absolute atomic E-state index is 5.47. The molecule has 0 heterocycles. The molecule has 0 aliphatic heterocycles. The first-order valence-corrected chi connectivity index (χ1v) is 6.09. The molecule has 0 atom stereocenters. The van der Waals surface area contributed by atoms with Gasteiger partial charge in [0.05, 0.1) is 5.70 Å². The number of benzene rings is 1. The Morgan fingerprint density at radius 3 is 2.59 bits per heavy atom. The highest BCUT2D eigenvalue weighted by Crippen LogP contribution is 2.20. The molecule has 0 amide bonds. The van der Waals surface area contributed by atoms with Crippen LogP contribution in [0.1, 0.15) is 37.0 Å². The van der Waals surface area contributed by atoms with Crippen LogP contribution in [0.2, 0.25) is 0 Å². The molecule has 1 nitrogen and oxygen atoms in total. The highest BCUT2D eigenvalue weighted by Gasteiger charge is 2.04. The van der Waals surface area contributed by atoms with Gasteiger partial charge in [-0.05, 0) is 42.5 Å². The monoisotopic (exact) mass is 227 g/mol. The Hall–Kier alpha value is -1.68. The van der Waals surface area contributed by atoms with Crippen LogP contribution in [-0.4, -0.2) is 7.05 Å². The highest BCUT2D eigenvalue weighted by atomic mass is 14.8. The highest BCUT2D eigenvalue weighted by molar-refractivity contribution is 5.70. The average Bonchev–Trinajstić information content (AvgIpc) is 2.33. The summed E-state index contributed by atoms with van der Waals surface area (Å²) in [5.41, 5.74) is 5.95. The van der Waals surface area contributed by atoms with Crippen molar-refractivity contribution in [1.29, 1.82) is 0 Å². The van der Waals surface area contributed by atoms with Gasteiger partial charge in [-0.1, -0.05) is 37.5 Å². The predicted octanol–water partition coefficient (Wildman–Crippen LogP) is 3.53. The van der Waals surface area contributed by atoms with Crippen LogP contribution in [0.5, 0.6) is 0 Å². The third-order valence-corrected chi connectivity index (χ3v) is 3.06. The molecule has 0 radical (unpaired) electrons. The zero-order chi connectivity index (χ0) is 12.8. The van der Waals surface area contributed by atoms with E-state index in [0.29, 0.717) is 0 Å². The van der Waals surface area contributed by atoms with Crippen molar-refractivity contribution in [2.24, 2.45) is 0 Å². The van der Waals surface area contributed by atoms with E-state index in [9.17, 15) is 0 Å². The molecule has 0 saturated heterocycles. The van der Waals surface area contributed by atoms with Gasteiger partial charge < -0.3 is 5.32 Å². The standard InChI is InChI=1S/C16H21N/c1-6-8-14-9-10-15(11-12(14)3)13(4)16(7-2)17-5/h2,9-11,17H,6,8H2,1,3-5H3/b16-13+. The molecule has 0 fully saturated rings. The van der Waals surface area contributed by atoms with E-state index in [-0.39, 0.29) is 0 Å². The van der Waals surface area contributed by atoms with Crippen molar-refractivity contribution in [3.05, 3.63) is 40.6 Å². The molecule has 1 heteroatoms. The van der Waals surface area contributed by atoms with Crippen LogP contribution < -0.4 is 5.32 Å². The van der Waals surface area contributed by atoms with Crippen LogP contribution in [0.15, 0.2) is 23.9 Å². The molecule has 0 spiro atoms. The minimum absolute atomic E-state index is 0.854. The molecule has 0 unspecified atom stereocenters. The fourth-order valence-electron chi connectivity index (χ4n) is 1.99. The Morgan fingerprint density at radius 1 is 1.41 bits per heavy atom. The van der Waals surface area contributed by atoms with Crippen LogP contribution in [0.4, 0.5) is 0 Å². The summed E-state index contributed by atoms with van der Waals surface area (Å²) in [7, 11) is 1.86. The van der Waals surface area contributed by atoms with Crippen molar-refractivity contribution < 1.29 is 0 Å². The molecule has 17 heavy (non-hydrogen) atoms. The number of aryl methyl sites for hydroxylation is 2. The van der Waals surface area contributed by atoms with Gasteiger partial charge in [0.25, 0.3) is 0 Å². The van der Waals surface area contributed by atoms with E-state index >= 15 is 0 Å². The van der Waals surface area contributed by atoms with E-state index in [4.69, 9.17) is 6.42 Å².